The molecule has 1 aromatic carbocycles. The van der Waals surface area contributed by atoms with E-state index in [2.05, 4.69) is 23.6 Å². The van der Waals surface area contributed by atoms with Gasteiger partial charge in [-0.1, -0.05) is 30.7 Å². The lowest BCUT2D eigenvalue weighted by atomic mass is 10.1. The molecular weight excluding hydrogens is 232 g/mol. The summed E-state index contributed by atoms with van der Waals surface area (Å²) in [5.41, 5.74) is 1.30. The van der Waals surface area contributed by atoms with Gasteiger partial charge >= 0.3 is 0 Å². The van der Waals surface area contributed by atoms with E-state index in [1.54, 1.807) is 0 Å². The largest absolute Gasteiger partial charge is 0.317 e. The zero-order valence-electron chi connectivity index (χ0n) is 10.6. The highest BCUT2D eigenvalue weighted by Crippen LogP contribution is 2.10. The van der Waals surface area contributed by atoms with Crippen LogP contribution in [-0.4, -0.2) is 26.2 Å². The Morgan fingerprint density at radius 3 is 2.53 bits per heavy atom. The summed E-state index contributed by atoms with van der Waals surface area (Å²) in [6, 6.07) is 8.08. The molecule has 0 aliphatic carbocycles. The van der Waals surface area contributed by atoms with Crippen LogP contribution in [0.4, 0.5) is 0 Å². The molecule has 0 spiro atoms. The van der Waals surface area contributed by atoms with Crippen molar-refractivity contribution >= 4 is 11.6 Å². The molecule has 3 heteroatoms. The molecule has 96 valence electrons. The Labute approximate surface area is 110 Å². The predicted molar refractivity (Wildman–Crippen MR) is 75.8 cm³/mol. The van der Waals surface area contributed by atoms with Gasteiger partial charge < -0.3 is 10.6 Å². The zero-order valence-corrected chi connectivity index (χ0v) is 11.4. The van der Waals surface area contributed by atoms with Crippen LogP contribution in [0.15, 0.2) is 24.3 Å². The summed E-state index contributed by atoms with van der Waals surface area (Å²) in [4.78, 5) is 0. The minimum atomic E-state index is 0.825. The maximum absolute atomic E-state index is 5.93. The van der Waals surface area contributed by atoms with Crippen LogP contribution in [-0.2, 0) is 6.42 Å². The fraction of sp³-hybridized carbons (Fsp3) is 0.571. The first kappa shape index (κ1) is 14.5. The van der Waals surface area contributed by atoms with Gasteiger partial charge in [0.05, 0.1) is 0 Å². The second-order valence-corrected chi connectivity index (χ2v) is 4.67. The Kier molecular flexibility index (Phi) is 8.06. The molecule has 2 N–H and O–H groups in total. The number of halogens is 1. The van der Waals surface area contributed by atoms with Gasteiger partial charge in [-0.25, -0.2) is 0 Å². The van der Waals surface area contributed by atoms with Crippen molar-refractivity contribution in [2.45, 2.75) is 26.2 Å². The van der Waals surface area contributed by atoms with Gasteiger partial charge in [-0.3, -0.25) is 0 Å². The summed E-state index contributed by atoms with van der Waals surface area (Å²) in [7, 11) is 0. The van der Waals surface area contributed by atoms with Crippen LogP contribution in [0.3, 0.4) is 0 Å². The van der Waals surface area contributed by atoms with Gasteiger partial charge in [0, 0.05) is 5.02 Å². The maximum Gasteiger partial charge on any atom is 0.0408 e. The van der Waals surface area contributed by atoms with Gasteiger partial charge in [-0.05, 0) is 63.1 Å². The number of benzene rings is 1. The van der Waals surface area contributed by atoms with Gasteiger partial charge in [0.2, 0.25) is 0 Å². The molecule has 2 nitrogen and oxygen atoms in total. The molecule has 0 radical (unpaired) electrons. The molecule has 0 heterocycles. The molecule has 0 saturated heterocycles. The molecule has 1 aromatic rings. The first-order valence-corrected chi connectivity index (χ1v) is 6.86. The molecule has 0 aliphatic heterocycles. The average Bonchev–Trinajstić information content (AvgIpc) is 2.33. The van der Waals surface area contributed by atoms with E-state index in [9.17, 15) is 0 Å². The van der Waals surface area contributed by atoms with Crippen LogP contribution in [0.25, 0.3) is 0 Å². The molecule has 17 heavy (non-hydrogen) atoms. The Morgan fingerprint density at radius 1 is 1.06 bits per heavy atom. The highest BCUT2D eigenvalue weighted by atomic mass is 35.5. The summed E-state index contributed by atoms with van der Waals surface area (Å²) in [5.74, 6) is 0. The summed E-state index contributed by atoms with van der Waals surface area (Å²) in [6.45, 7) is 6.53. The fourth-order valence-electron chi connectivity index (χ4n) is 1.69. The lowest BCUT2D eigenvalue weighted by molar-refractivity contribution is 0.593. The quantitative estimate of drug-likeness (QED) is 0.663. The van der Waals surface area contributed by atoms with Crippen molar-refractivity contribution in [3.8, 4) is 0 Å². The molecule has 0 saturated carbocycles. The topological polar surface area (TPSA) is 24.1 Å². The van der Waals surface area contributed by atoms with E-state index < -0.39 is 0 Å². The smallest absolute Gasteiger partial charge is 0.0408 e. The maximum atomic E-state index is 5.93. The van der Waals surface area contributed by atoms with Crippen LogP contribution in [0.5, 0.6) is 0 Å². The number of rotatable bonds is 9. The Balaban J connectivity index is 1.97. The predicted octanol–water partition coefficient (Wildman–Crippen LogP) is 2.86. The van der Waals surface area contributed by atoms with Crippen LogP contribution < -0.4 is 10.6 Å². The molecule has 0 aliphatic rings. The van der Waals surface area contributed by atoms with Crippen molar-refractivity contribution in [2.24, 2.45) is 0 Å². The van der Waals surface area contributed by atoms with Crippen molar-refractivity contribution < 1.29 is 0 Å². The summed E-state index contributed by atoms with van der Waals surface area (Å²) >= 11 is 5.93. The minimum absolute atomic E-state index is 0.825. The molecule has 0 fully saturated rings. The zero-order chi connectivity index (χ0) is 12.3. The van der Waals surface area contributed by atoms with Crippen LogP contribution in [0.1, 0.15) is 25.3 Å². The SMILES string of the molecule is CCCNCCCNCCc1cccc(Cl)c1. The average molecular weight is 255 g/mol. The monoisotopic (exact) mass is 254 g/mol. The molecule has 0 unspecified atom stereocenters. The van der Waals surface area contributed by atoms with E-state index in [1.165, 1.54) is 18.4 Å². The van der Waals surface area contributed by atoms with Crippen LogP contribution in [0.2, 0.25) is 5.02 Å². The van der Waals surface area contributed by atoms with Gasteiger partial charge in [0.25, 0.3) is 0 Å². The first-order chi connectivity index (χ1) is 8.33. The second-order valence-electron chi connectivity index (χ2n) is 4.23. The van der Waals surface area contributed by atoms with Gasteiger partial charge in [-0.15, -0.1) is 0 Å². The molecular formula is C14H23ClN2. The third kappa shape index (κ3) is 7.37. The molecule has 0 amide bonds. The van der Waals surface area contributed by atoms with Gasteiger partial charge in [0.15, 0.2) is 0 Å². The van der Waals surface area contributed by atoms with Crippen molar-refractivity contribution in [1.29, 1.82) is 0 Å². The highest BCUT2D eigenvalue weighted by Gasteiger charge is 1.94. The third-order valence-corrected chi connectivity index (χ3v) is 2.85. The standard InChI is InChI=1S/C14H23ClN2/c1-2-8-16-9-4-10-17-11-7-13-5-3-6-14(15)12-13/h3,5-6,12,16-17H,2,4,7-11H2,1H3. The van der Waals surface area contributed by atoms with E-state index in [-0.39, 0.29) is 0 Å². The first-order valence-electron chi connectivity index (χ1n) is 6.49. The lowest BCUT2D eigenvalue weighted by Gasteiger charge is -2.06. The van der Waals surface area contributed by atoms with E-state index in [0.717, 1.165) is 37.6 Å². The van der Waals surface area contributed by atoms with Gasteiger partial charge in [-0.2, -0.15) is 0 Å². The Morgan fingerprint density at radius 2 is 1.82 bits per heavy atom. The fourth-order valence-corrected chi connectivity index (χ4v) is 1.90. The Hall–Kier alpha value is -0.570. The lowest BCUT2D eigenvalue weighted by Crippen LogP contribution is -2.23. The number of hydrogen-bond donors (Lipinski definition) is 2. The van der Waals surface area contributed by atoms with E-state index >= 15 is 0 Å². The van der Waals surface area contributed by atoms with E-state index in [4.69, 9.17) is 11.6 Å². The summed E-state index contributed by atoms with van der Waals surface area (Å²) < 4.78 is 0. The van der Waals surface area contributed by atoms with Crippen LogP contribution >= 0.6 is 11.6 Å². The third-order valence-electron chi connectivity index (χ3n) is 2.61. The second kappa shape index (κ2) is 9.46. The molecule has 1 rings (SSSR count). The summed E-state index contributed by atoms with van der Waals surface area (Å²) in [5, 5.41) is 7.67. The molecule has 0 bridgehead atoms. The normalized spacial score (nSPS) is 10.7. The van der Waals surface area contributed by atoms with E-state index in [1.807, 2.05) is 18.2 Å². The number of nitrogens with one attached hydrogen (secondary N) is 2. The van der Waals surface area contributed by atoms with Crippen LogP contribution in [0, 0.1) is 0 Å². The van der Waals surface area contributed by atoms with Crippen molar-refractivity contribution in [3.63, 3.8) is 0 Å². The van der Waals surface area contributed by atoms with E-state index in [0.29, 0.717) is 0 Å². The van der Waals surface area contributed by atoms with Gasteiger partial charge in [0.1, 0.15) is 0 Å². The van der Waals surface area contributed by atoms with Crippen molar-refractivity contribution in [2.75, 3.05) is 26.2 Å². The Bertz CT molecular complexity index is 302. The minimum Gasteiger partial charge on any atom is -0.317 e. The van der Waals surface area contributed by atoms with Crippen molar-refractivity contribution in [1.82, 2.24) is 10.6 Å². The molecule has 0 atom stereocenters. The van der Waals surface area contributed by atoms with Crippen molar-refractivity contribution in [3.05, 3.63) is 34.9 Å². The molecule has 0 aromatic heterocycles. The summed E-state index contributed by atoms with van der Waals surface area (Å²) in [6.07, 6.45) is 3.45. The highest BCUT2D eigenvalue weighted by molar-refractivity contribution is 6.30. The number of hydrogen-bond acceptors (Lipinski definition) is 2.